The van der Waals surface area contributed by atoms with Crippen LogP contribution in [0.25, 0.3) is 12.2 Å². The summed E-state index contributed by atoms with van der Waals surface area (Å²) >= 11 is 0. The Hall–Kier alpha value is -4.16. The number of carbonyl (C=O) groups excluding carboxylic acids is 1. The first-order chi connectivity index (χ1) is 23.3. The molecule has 4 nitrogen and oxygen atoms in total. The summed E-state index contributed by atoms with van der Waals surface area (Å²) in [6.07, 6.45) is 5.27. The topological polar surface area (TPSA) is 44.8 Å². The van der Waals surface area contributed by atoms with Crippen molar-refractivity contribution in [1.29, 1.82) is 0 Å². The maximum Gasteiger partial charge on any atom is 0.461 e. The fraction of sp³-hybridized carbons (Fsp3) is 0.417. The third kappa shape index (κ3) is 12.3. The van der Waals surface area contributed by atoms with Crippen molar-refractivity contribution in [3.8, 4) is 17.2 Å². The average molecular weight is 705 g/mol. The second-order valence-corrected chi connectivity index (χ2v) is 11.3. The molecule has 3 aromatic carbocycles. The number of ether oxygens (including phenoxy) is 3. The van der Waals surface area contributed by atoms with E-state index in [0.29, 0.717) is 30.3 Å². The number of benzene rings is 3. The van der Waals surface area contributed by atoms with Gasteiger partial charge in [0.1, 0.15) is 40.3 Å². The lowest BCUT2D eigenvalue weighted by Crippen LogP contribution is -2.33. The Balaban J connectivity index is 1.53. The van der Waals surface area contributed by atoms with E-state index in [2.05, 4.69) is 16.4 Å². The molecule has 0 aliphatic heterocycles. The molecule has 0 unspecified atom stereocenters. The van der Waals surface area contributed by atoms with Gasteiger partial charge in [0.15, 0.2) is 11.6 Å². The molecule has 3 rings (SSSR count). The Bertz CT molecular complexity index is 1510. The van der Waals surface area contributed by atoms with Gasteiger partial charge in [0, 0.05) is 23.8 Å². The van der Waals surface area contributed by atoms with Crippen LogP contribution < -0.4 is 14.2 Å². The largest absolute Gasteiger partial charge is 0.493 e. The average Bonchev–Trinajstić information content (AvgIpc) is 3.02. The lowest BCUT2D eigenvalue weighted by atomic mass is 10.1. The lowest BCUT2D eigenvalue weighted by Gasteiger charge is -2.17. The Morgan fingerprint density at radius 3 is 1.76 bits per heavy atom. The van der Waals surface area contributed by atoms with Crippen molar-refractivity contribution in [2.75, 3.05) is 6.61 Å². The van der Waals surface area contributed by atoms with Crippen LogP contribution in [0.2, 0.25) is 0 Å². The van der Waals surface area contributed by atoms with Crippen LogP contribution in [0.5, 0.6) is 17.2 Å². The molecule has 0 saturated carbocycles. The molecule has 0 aromatic heterocycles. The van der Waals surface area contributed by atoms with Gasteiger partial charge in [-0.25, -0.2) is 26.7 Å². The number of carbonyl (C=O) groups is 1. The summed E-state index contributed by atoms with van der Waals surface area (Å²) in [6, 6.07) is 4.75. The summed E-state index contributed by atoms with van der Waals surface area (Å²) in [6.45, 7) is 2.48. The minimum atomic E-state index is -5.01. The van der Waals surface area contributed by atoms with Crippen molar-refractivity contribution in [2.45, 2.75) is 90.1 Å². The molecule has 0 bridgehead atoms. The van der Waals surface area contributed by atoms with Crippen LogP contribution in [0.3, 0.4) is 0 Å². The normalized spacial score (nSPS) is 11.8. The standard InChI is InChI=1S/C36H37F9O4/c1-2-3-4-5-6-7-8-9-10-11-12-17-47-25-21-27(37)26(28(38)22-25)15-13-23-18-30(40)33(31(41)19-23)34(46)48-24-14-16-32(29(39)20-24)49-36(44,45)35(42)43/h13-16,18-22,35H,2-12,17H2,1H3. The van der Waals surface area contributed by atoms with Gasteiger partial charge in [0.2, 0.25) is 0 Å². The Morgan fingerprint density at radius 2 is 1.22 bits per heavy atom. The molecule has 0 heterocycles. The van der Waals surface area contributed by atoms with Gasteiger partial charge in [-0.1, -0.05) is 77.2 Å². The Labute approximate surface area is 278 Å². The van der Waals surface area contributed by atoms with Crippen molar-refractivity contribution in [3.63, 3.8) is 0 Å². The number of alkyl halides is 4. The van der Waals surface area contributed by atoms with Gasteiger partial charge in [-0.2, -0.15) is 17.6 Å². The first-order valence-corrected chi connectivity index (χ1v) is 16.0. The molecular formula is C36H37F9O4. The summed E-state index contributed by atoms with van der Waals surface area (Å²) in [5.74, 6) is -10.2. The third-order valence-corrected chi connectivity index (χ3v) is 7.39. The van der Waals surface area contributed by atoms with Crippen molar-refractivity contribution in [3.05, 3.63) is 88.2 Å². The zero-order valence-electron chi connectivity index (χ0n) is 26.8. The van der Waals surface area contributed by atoms with Crippen molar-refractivity contribution in [2.24, 2.45) is 0 Å². The van der Waals surface area contributed by atoms with Crippen LogP contribution in [-0.4, -0.2) is 25.1 Å². The summed E-state index contributed by atoms with van der Waals surface area (Å²) < 4.78 is 137. The molecule has 0 aliphatic rings. The maximum absolute atomic E-state index is 14.7. The van der Waals surface area contributed by atoms with E-state index in [0.717, 1.165) is 50.0 Å². The number of halogens is 9. The molecule has 0 spiro atoms. The van der Waals surface area contributed by atoms with Crippen molar-refractivity contribution in [1.82, 2.24) is 0 Å². The maximum atomic E-state index is 14.7. The molecule has 3 aromatic rings. The fourth-order valence-corrected chi connectivity index (χ4v) is 4.80. The molecule has 0 fully saturated rings. The van der Waals surface area contributed by atoms with E-state index in [9.17, 15) is 44.3 Å². The summed E-state index contributed by atoms with van der Waals surface area (Å²) in [5.41, 5.74) is -1.96. The van der Waals surface area contributed by atoms with Crippen LogP contribution in [0.15, 0.2) is 42.5 Å². The molecule has 0 saturated heterocycles. The zero-order valence-corrected chi connectivity index (χ0v) is 26.8. The highest BCUT2D eigenvalue weighted by Crippen LogP contribution is 2.32. The molecule has 0 radical (unpaired) electrons. The highest BCUT2D eigenvalue weighted by molar-refractivity contribution is 5.92. The highest BCUT2D eigenvalue weighted by Gasteiger charge is 2.44. The summed E-state index contributed by atoms with van der Waals surface area (Å²) in [5, 5.41) is 0. The minimum Gasteiger partial charge on any atom is -0.493 e. The van der Waals surface area contributed by atoms with E-state index in [1.54, 1.807) is 0 Å². The van der Waals surface area contributed by atoms with Gasteiger partial charge in [-0.05, 0) is 42.3 Å². The predicted molar refractivity (Wildman–Crippen MR) is 167 cm³/mol. The van der Waals surface area contributed by atoms with Gasteiger partial charge in [-0.15, -0.1) is 0 Å². The van der Waals surface area contributed by atoms with E-state index >= 15 is 0 Å². The number of rotatable bonds is 20. The van der Waals surface area contributed by atoms with Gasteiger partial charge < -0.3 is 14.2 Å². The van der Waals surface area contributed by atoms with Crippen LogP contribution in [0, 0.1) is 29.1 Å². The first kappa shape index (κ1) is 39.3. The van der Waals surface area contributed by atoms with Gasteiger partial charge >= 0.3 is 18.5 Å². The summed E-state index contributed by atoms with van der Waals surface area (Å²) in [4.78, 5) is 12.4. The van der Waals surface area contributed by atoms with E-state index in [1.807, 2.05) is 0 Å². The molecule has 0 aliphatic carbocycles. The second-order valence-electron chi connectivity index (χ2n) is 11.3. The molecule has 0 atom stereocenters. The van der Waals surface area contributed by atoms with Crippen LogP contribution in [-0.2, 0) is 0 Å². The Kier molecular flexibility index (Phi) is 15.3. The van der Waals surface area contributed by atoms with Crippen LogP contribution >= 0.6 is 0 Å². The van der Waals surface area contributed by atoms with Crippen molar-refractivity contribution < 1.29 is 58.5 Å². The van der Waals surface area contributed by atoms with Crippen molar-refractivity contribution >= 4 is 18.1 Å². The van der Waals surface area contributed by atoms with E-state index in [1.165, 1.54) is 44.9 Å². The highest BCUT2D eigenvalue weighted by atomic mass is 19.3. The lowest BCUT2D eigenvalue weighted by molar-refractivity contribution is -0.254. The molecule has 0 N–H and O–H groups in total. The van der Waals surface area contributed by atoms with E-state index < -0.39 is 70.2 Å². The quantitative estimate of drug-likeness (QED) is 0.0386. The number of esters is 1. The van der Waals surface area contributed by atoms with Crippen LogP contribution in [0.4, 0.5) is 39.5 Å². The SMILES string of the molecule is CCCCCCCCCCCCCOc1cc(F)c(C=Cc2cc(F)c(C(=O)Oc3ccc(OC(F)(F)C(F)F)c(F)c3)c(F)c2)c(F)c1. The molecule has 268 valence electrons. The monoisotopic (exact) mass is 704 g/mol. The van der Waals surface area contributed by atoms with Crippen LogP contribution in [0.1, 0.15) is 99.0 Å². The second kappa shape index (κ2) is 19.1. The van der Waals surface area contributed by atoms with E-state index in [4.69, 9.17) is 4.74 Å². The first-order valence-electron chi connectivity index (χ1n) is 16.0. The minimum absolute atomic E-state index is 0.00710. The zero-order chi connectivity index (χ0) is 36.0. The van der Waals surface area contributed by atoms with Gasteiger partial charge in [0.05, 0.1) is 6.61 Å². The molecule has 13 heteroatoms. The Morgan fingerprint density at radius 1 is 0.694 bits per heavy atom. The number of hydrogen-bond acceptors (Lipinski definition) is 4. The van der Waals surface area contributed by atoms with Gasteiger partial charge in [0.25, 0.3) is 0 Å². The van der Waals surface area contributed by atoms with Gasteiger partial charge in [-0.3, -0.25) is 0 Å². The molecular weight excluding hydrogens is 667 g/mol. The summed E-state index contributed by atoms with van der Waals surface area (Å²) in [7, 11) is 0. The molecule has 49 heavy (non-hydrogen) atoms. The number of unbranched alkanes of at least 4 members (excludes halogenated alkanes) is 10. The fourth-order valence-electron chi connectivity index (χ4n) is 4.80. The third-order valence-electron chi connectivity index (χ3n) is 7.39. The smallest absolute Gasteiger partial charge is 0.461 e. The van der Waals surface area contributed by atoms with E-state index in [-0.39, 0.29) is 17.9 Å². The molecule has 0 amide bonds. The number of hydrogen-bond donors (Lipinski definition) is 0. The predicted octanol–water partition coefficient (Wildman–Crippen LogP) is 11.7.